The lowest BCUT2D eigenvalue weighted by molar-refractivity contribution is -0.153. The zero-order valence-electron chi connectivity index (χ0n) is 12.8. The molecule has 1 aliphatic rings. The number of hydrogen-bond donors (Lipinski definition) is 2. The van der Waals surface area contributed by atoms with Crippen molar-refractivity contribution in [1.82, 2.24) is 5.32 Å². The predicted molar refractivity (Wildman–Crippen MR) is 80.6 cm³/mol. The molecule has 1 fully saturated rings. The van der Waals surface area contributed by atoms with Gasteiger partial charge in [0.25, 0.3) is 0 Å². The van der Waals surface area contributed by atoms with E-state index in [4.69, 9.17) is 5.11 Å². The molecule has 2 N–H and O–H groups in total. The van der Waals surface area contributed by atoms with Crippen LogP contribution in [-0.4, -0.2) is 17.0 Å². The lowest BCUT2D eigenvalue weighted by Gasteiger charge is -2.37. The Morgan fingerprint density at radius 2 is 1.71 bits per heavy atom. The lowest BCUT2D eigenvalue weighted by atomic mass is 9.72. The Balaban J connectivity index is 2.13. The number of aliphatic carboxylic acids is 1. The van der Waals surface area contributed by atoms with Crippen LogP contribution in [0.25, 0.3) is 0 Å². The van der Waals surface area contributed by atoms with E-state index < -0.39 is 17.8 Å². The molecule has 0 radical (unpaired) electrons. The molecule has 4 heteroatoms. The molecule has 4 nitrogen and oxygen atoms in total. The molecule has 1 amide bonds. The Kier molecular flexibility index (Phi) is 4.35. The highest BCUT2D eigenvalue weighted by atomic mass is 16.4. The SMILES string of the molecule is CC(C)(C)C(NC(=O)C1CCC1C(=O)O)c1ccccc1. The third kappa shape index (κ3) is 3.43. The van der Waals surface area contributed by atoms with Gasteiger partial charge in [-0.15, -0.1) is 0 Å². The first-order valence-electron chi connectivity index (χ1n) is 7.39. The molecular weight excluding hydrogens is 266 g/mol. The molecule has 0 saturated heterocycles. The van der Waals surface area contributed by atoms with Crippen molar-refractivity contribution in [2.24, 2.45) is 17.3 Å². The highest BCUT2D eigenvalue weighted by Gasteiger charge is 2.42. The van der Waals surface area contributed by atoms with Crippen LogP contribution in [0.2, 0.25) is 0 Å². The van der Waals surface area contributed by atoms with Crippen molar-refractivity contribution in [3.05, 3.63) is 35.9 Å². The summed E-state index contributed by atoms with van der Waals surface area (Å²) in [5.41, 5.74) is 0.906. The first-order chi connectivity index (χ1) is 9.80. The summed E-state index contributed by atoms with van der Waals surface area (Å²) < 4.78 is 0. The summed E-state index contributed by atoms with van der Waals surface area (Å²) in [4.78, 5) is 23.5. The average molecular weight is 289 g/mol. The summed E-state index contributed by atoms with van der Waals surface area (Å²) in [5.74, 6) is -1.93. The Morgan fingerprint density at radius 1 is 1.14 bits per heavy atom. The van der Waals surface area contributed by atoms with Crippen molar-refractivity contribution in [3.8, 4) is 0 Å². The number of carboxylic acids is 1. The Bertz CT molecular complexity index is 519. The maximum Gasteiger partial charge on any atom is 0.307 e. The van der Waals surface area contributed by atoms with Crippen molar-refractivity contribution in [2.45, 2.75) is 39.7 Å². The maximum absolute atomic E-state index is 12.4. The monoisotopic (exact) mass is 289 g/mol. The quantitative estimate of drug-likeness (QED) is 0.895. The number of carbonyl (C=O) groups is 2. The lowest BCUT2D eigenvalue weighted by Crippen LogP contribution is -2.47. The smallest absolute Gasteiger partial charge is 0.307 e. The summed E-state index contributed by atoms with van der Waals surface area (Å²) in [6.45, 7) is 6.21. The summed E-state index contributed by atoms with van der Waals surface area (Å²) in [5, 5.41) is 12.1. The number of carboxylic acid groups (broad SMARTS) is 1. The molecule has 0 bridgehead atoms. The van der Waals surface area contributed by atoms with E-state index in [1.54, 1.807) is 0 Å². The van der Waals surface area contributed by atoms with Crippen molar-refractivity contribution in [1.29, 1.82) is 0 Å². The number of amides is 1. The Hall–Kier alpha value is -1.84. The minimum Gasteiger partial charge on any atom is -0.481 e. The van der Waals surface area contributed by atoms with Gasteiger partial charge >= 0.3 is 5.97 Å². The molecule has 3 unspecified atom stereocenters. The molecule has 1 aromatic rings. The summed E-state index contributed by atoms with van der Waals surface area (Å²) >= 11 is 0. The average Bonchev–Trinajstić information content (AvgIpc) is 2.33. The zero-order valence-corrected chi connectivity index (χ0v) is 12.8. The van der Waals surface area contributed by atoms with Crippen LogP contribution in [-0.2, 0) is 9.59 Å². The van der Waals surface area contributed by atoms with Crippen LogP contribution >= 0.6 is 0 Å². The normalized spacial score (nSPS) is 23.0. The van der Waals surface area contributed by atoms with Crippen molar-refractivity contribution in [2.75, 3.05) is 0 Å². The van der Waals surface area contributed by atoms with Gasteiger partial charge in [-0.3, -0.25) is 9.59 Å². The summed E-state index contributed by atoms with van der Waals surface area (Å²) in [6, 6.07) is 9.70. The number of hydrogen-bond acceptors (Lipinski definition) is 2. The van der Waals surface area contributed by atoms with E-state index in [-0.39, 0.29) is 17.4 Å². The van der Waals surface area contributed by atoms with E-state index in [1.165, 1.54) is 0 Å². The molecule has 3 atom stereocenters. The Labute approximate surface area is 125 Å². The fourth-order valence-corrected chi connectivity index (χ4v) is 2.80. The van der Waals surface area contributed by atoms with Crippen LogP contribution in [0.4, 0.5) is 0 Å². The van der Waals surface area contributed by atoms with Gasteiger partial charge in [-0.25, -0.2) is 0 Å². The highest BCUT2D eigenvalue weighted by molar-refractivity contribution is 5.86. The molecule has 114 valence electrons. The third-order valence-electron chi connectivity index (χ3n) is 4.21. The molecule has 1 aromatic carbocycles. The number of benzene rings is 1. The second-order valence-electron chi connectivity index (χ2n) is 6.85. The molecule has 0 aliphatic heterocycles. The zero-order chi connectivity index (χ0) is 15.6. The van der Waals surface area contributed by atoms with E-state index in [0.717, 1.165) is 5.56 Å². The largest absolute Gasteiger partial charge is 0.481 e. The molecule has 0 heterocycles. The second-order valence-corrected chi connectivity index (χ2v) is 6.85. The van der Waals surface area contributed by atoms with E-state index in [2.05, 4.69) is 26.1 Å². The predicted octanol–water partition coefficient (Wildman–Crippen LogP) is 3.00. The minimum atomic E-state index is -0.867. The minimum absolute atomic E-state index is 0.124. The first kappa shape index (κ1) is 15.5. The third-order valence-corrected chi connectivity index (χ3v) is 4.21. The topological polar surface area (TPSA) is 66.4 Å². The number of carbonyl (C=O) groups excluding carboxylic acids is 1. The van der Waals surface area contributed by atoms with Crippen LogP contribution in [0.3, 0.4) is 0 Å². The number of rotatable bonds is 4. The van der Waals surface area contributed by atoms with E-state index in [9.17, 15) is 9.59 Å². The number of nitrogens with one attached hydrogen (secondary N) is 1. The van der Waals surface area contributed by atoms with Gasteiger partial charge in [-0.05, 0) is 23.8 Å². The molecule has 0 spiro atoms. The van der Waals surface area contributed by atoms with Gasteiger partial charge in [0.05, 0.1) is 17.9 Å². The Morgan fingerprint density at radius 3 is 2.14 bits per heavy atom. The van der Waals surface area contributed by atoms with Crippen LogP contribution in [0.5, 0.6) is 0 Å². The standard InChI is InChI=1S/C17H23NO3/c1-17(2,3)14(11-7-5-4-6-8-11)18-15(19)12-9-10-13(12)16(20)21/h4-8,12-14H,9-10H2,1-3H3,(H,18,19)(H,20,21). The van der Waals surface area contributed by atoms with Crippen LogP contribution in [0, 0.1) is 17.3 Å². The molecular formula is C17H23NO3. The van der Waals surface area contributed by atoms with Crippen molar-refractivity contribution in [3.63, 3.8) is 0 Å². The van der Waals surface area contributed by atoms with E-state index in [1.807, 2.05) is 30.3 Å². The van der Waals surface area contributed by atoms with Crippen LogP contribution < -0.4 is 5.32 Å². The highest BCUT2D eigenvalue weighted by Crippen LogP contribution is 2.37. The van der Waals surface area contributed by atoms with E-state index in [0.29, 0.717) is 12.8 Å². The van der Waals surface area contributed by atoms with Crippen LogP contribution in [0.1, 0.15) is 45.2 Å². The van der Waals surface area contributed by atoms with E-state index >= 15 is 0 Å². The van der Waals surface area contributed by atoms with Gasteiger partial charge in [0.15, 0.2) is 0 Å². The molecule has 1 saturated carbocycles. The second kappa shape index (κ2) is 5.88. The molecule has 0 aromatic heterocycles. The summed E-state index contributed by atoms with van der Waals surface area (Å²) in [6.07, 6.45) is 1.26. The van der Waals surface area contributed by atoms with Gasteiger partial charge in [0.1, 0.15) is 0 Å². The fourth-order valence-electron chi connectivity index (χ4n) is 2.80. The molecule has 21 heavy (non-hydrogen) atoms. The summed E-state index contributed by atoms with van der Waals surface area (Å²) in [7, 11) is 0. The van der Waals surface area contributed by atoms with Gasteiger partial charge < -0.3 is 10.4 Å². The van der Waals surface area contributed by atoms with Gasteiger partial charge in [0.2, 0.25) is 5.91 Å². The fraction of sp³-hybridized carbons (Fsp3) is 0.529. The first-order valence-corrected chi connectivity index (χ1v) is 7.39. The van der Waals surface area contributed by atoms with Crippen LogP contribution in [0.15, 0.2) is 30.3 Å². The van der Waals surface area contributed by atoms with Crippen molar-refractivity contribution >= 4 is 11.9 Å². The van der Waals surface area contributed by atoms with Crippen molar-refractivity contribution < 1.29 is 14.7 Å². The van der Waals surface area contributed by atoms with Gasteiger partial charge in [-0.1, -0.05) is 51.1 Å². The molecule has 2 rings (SSSR count). The van der Waals surface area contributed by atoms with Gasteiger partial charge in [-0.2, -0.15) is 0 Å². The maximum atomic E-state index is 12.4. The van der Waals surface area contributed by atoms with Gasteiger partial charge in [0, 0.05) is 0 Å². The molecule has 1 aliphatic carbocycles.